The zero-order valence-electron chi connectivity index (χ0n) is 49.5. The molecule has 0 bridgehead atoms. The van der Waals surface area contributed by atoms with E-state index in [1.54, 1.807) is 0 Å². The van der Waals surface area contributed by atoms with Crippen molar-refractivity contribution in [1.29, 1.82) is 0 Å². The number of nitrogens with zero attached hydrogens (tertiary/aromatic N) is 2. The van der Waals surface area contributed by atoms with E-state index in [0.717, 1.165) is 25.7 Å². The van der Waals surface area contributed by atoms with E-state index in [0.29, 0.717) is 0 Å². The Labute approximate surface area is 462 Å². The molecule has 0 saturated carbocycles. The smallest absolute Gasteiger partial charge is 0.0520 e. The van der Waals surface area contributed by atoms with E-state index in [1.807, 2.05) is 0 Å². The molecule has 0 aromatic heterocycles. The van der Waals surface area contributed by atoms with Gasteiger partial charge in [0.1, 0.15) is 0 Å². The molecule has 0 saturated heterocycles. The average molecular weight is 1010 g/mol. The monoisotopic (exact) mass is 1010 g/mol. The van der Waals surface area contributed by atoms with Crippen molar-refractivity contribution >= 4 is 34.1 Å². The maximum Gasteiger partial charge on any atom is 0.0520 e. The molecule has 8 rings (SSSR count). The molecule has 0 amide bonds. The summed E-state index contributed by atoms with van der Waals surface area (Å²) in [6, 6.07) is 51.3. The first-order valence-electron chi connectivity index (χ1n) is 29.9. The highest BCUT2D eigenvalue weighted by atomic mass is 15.2. The Balaban J connectivity index is 1.44. The Hall–Kier alpha value is -5.86. The number of unbranched alkanes of at least 4 members (excludes halogenated alkanes) is 11. The highest BCUT2D eigenvalue weighted by Crippen LogP contribution is 2.58. The van der Waals surface area contributed by atoms with Crippen LogP contribution in [0.4, 0.5) is 34.1 Å². The maximum atomic E-state index is 2.69. The summed E-state index contributed by atoms with van der Waals surface area (Å²) >= 11 is 0. The number of hydrogen-bond donors (Lipinski definition) is 0. The van der Waals surface area contributed by atoms with Crippen molar-refractivity contribution in [3.8, 4) is 11.1 Å². The first-order valence-corrected chi connectivity index (χ1v) is 29.9. The minimum absolute atomic E-state index is 0.0440. The quantitative estimate of drug-likeness (QED) is 0.0557. The summed E-state index contributed by atoms with van der Waals surface area (Å²) < 4.78 is 0. The maximum absolute atomic E-state index is 2.69. The van der Waals surface area contributed by atoms with Crippen LogP contribution in [-0.2, 0) is 23.7 Å². The van der Waals surface area contributed by atoms with Gasteiger partial charge in [-0.25, -0.2) is 0 Å². The Morgan fingerprint density at radius 1 is 0.368 bits per heavy atom. The summed E-state index contributed by atoms with van der Waals surface area (Å²) in [6.45, 7) is 29.9. The second kappa shape index (κ2) is 25.1. The molecule has 0 radical (unpaired) electrons. The van der Waals surface area contributed by atoms with Gasteiger partial charge in [0, 0.05) is 28.2 Å². The molecular formula is C74H94N2. The summed E-state index contributed by atoms with van der Waals surface area (Å²) in [7, 11) is 0. The molecule has 2 heteroatoms. The van der Waals surface area contributed by atoms with E-state index < -0.39 is 5.41 Å². The van der Waals surface area contributed by atoms with E-state index in [9.17, 15) is 0 Å². The Morgan fingerprint density at radius 3 is 1.17 bits per heavy atom. The molecule has 1 unspecified atom stereocenters. The molecule has 7 aromatic rings. The van der Waals surface area contributed by atoms with Crippen molar-refractivity contribution < 1.29 is 0 Å². The first-order chi connectivity index (χ1) is 36.6. The van der Waals surface area contributed by atoms with Crippen LogP contribution in [0.1, 0.15) is 210 Å². The third-order valence-corrected chi connectivity index (χ3v) is 16.8. The summed E-state index contributed by atoms with van der Waals surface area (Å²) in [4.78, 5) is 5.16. The van der Waals surface area contributed by atoms with E-state index in [4.69, 9.17) is 0 Å². The number of benzene rings is 7. The molecule has 0 aliphatic heterocycles. The van der Waals surface area contributed by atoms with Crippen molar-refractivity contribution in [3.05, 3.63) is 200 Å². The molecule has 0 spiro atoms. The van der Waals surface area contributed by atoms with Gasteiger partial charge in [0.2, 0.25) is 0 Å². The van der Waals surface area contributed by atoms with Gasteiger partial charge in [0.15, 0.2) is 0 Å². The standard InChI is InChI=1S/C74H94N2/c1-14-17-20-23-24-27-42-74(62-48-59(28-25-21-18-15-2)47-60(49-62)29-26-22-19-16-3)69-50-65(75(63-34-30-52(4)31-35-63)71-55(7)43-54(6)44-56(71)8)38-40-67(69)68-41-39-66(51-70(68)74)76(64-36-32-53(5)33-37-64)72-57(9)45-61(46-58(72)10)73(11,12)13/h30-41,43-51H,14-29,42H2,1-13H3. The number of fused-ring (bicyclic) bond motifs is 3. The van der Waals surface area contributed by atoms with E-state index in [-0.39, 0.29) is 5.41 Å². The Morgan fingerprint density at radius 2 is 0.750 bits per heavy atom. The lowest BCUT2D eigenvalue weighted by atomic mass is 9.68. The second-order valence-corrected chi connectivity index (χ2v) is 24.3. The SMILES string of the molecule is CCCCCCCCC1(c2cc(CCCCCC)cc(CCCCCC)c2)c2cc(N(c3ccc(C)cc3)c3c(C)cc(C)cc3C)ccc2-c2ccc(N(c3ccc(C)cc3)c3c(C)cc(C(C)(C)C)cc3C)cc21. The first kappa shape index (κ1) is 56.3. The lowest BCUT2D eigenvalue weighted by molar-refractivity contribution is 0.505. The van der Waals surface area contributed by atoms with E-state index in [2.05, 4.69) is 227 Å². The minimum atomic E-state index is -0.394. The van der Waals surface area contributed by atoms with Crippen molar-refractivity contribution in [3.63, 3.8) is 0 Å². The van der Waals surface area contributed by atoms with Gasteiger partial charge in [-0.15, -0.1) is 0 Å². The van der Waals surface area contributed by atoms with Crippen molar-refractivity contribution in [2.24, 2.45) is 0 Å². The summed E-state index contributed by atoms with van der Waals surface area (Å²) in [5, 5.41) is 0. The molecule has 400 valence electrons. The third kappa shape index (κ3) is 12.4. The van der Waals surface area contributed by atoms with Gasteiger partial charge in [0.05, 0.1) is 11.4 Å². The zero-order valence-corrected chi connectivity index (χ0v) is 49.5. The topological polar surface area (TPSA) is 6.48 Å². The average Bonchev–Trinajstić information content (AvgIpc) is 3.77. The number of aryl methyl sites for hydroxylation is 9. The predicted molar refractivity (Wildman–Crippen MR) is 333 cm³/mol. The molecule has 2 nitrogen and oxygen atoms in total. The number of hydrogen-bond acceptors (Lipinski definition) is 2. The minimum Gasteiger partial charge on any atom is -0.310 e. The van der Waals surface area contributed by atoms with E-state index >= 15 is 0 Å². The highest BCUT2D eigenvalue weighted by molar-refractivity contribution is 5.91. The van der Waals surface area contributed by atoms with Crippen molar-refractivity contribution in [2.75, 3.05) is 9.80 Å². The van der Waals surface area contributed by atoms with Gasteiger partial charge >= 0.3 is 0 Å². The van der Waals surface area contributed by atoms with Crippen LogP contribution in [0.5, 0.6) is 0 Å². The molecule has 1 aliphatic carbocycles. The summed E-state index contributed by atoms with van der Waals surface area (Å²) in [6.07, 6.45) is 21.0. The van der Waals surface area contributed by atoms with Gasteiger partial charge in [0.25, 0.3) is 0 Å². The van der Waals surface area contributed by atoms with Crippen LogP contribution in [-0.4, -0.2) is 0 Å². The van der Waals surface area contributed by atoms with Crippen LogP contribution >= 0.6 is 0 Å². The Bertz CT molecular complexity index is 2980. The Kier molecular flexibility index (Phi) is 18.6. The molecule has 1 aliphatic rings. The molecule has 0 heterocycles. The summed E-state index contributed by atoms with van der Waals surface area (Å²) in [5.74, 6) is 0. The van der Waals surface area contributed by atoms with Crippen LogP contribution in [0.15, 0.2) is 127 Å². The normalized spacial score (nSPS) is 14.0. The number of anilines is 6. The number of rotatable bonds is 24. The lowest BCUT2D eigenvalue weighted by Crippen LogP contribution is -2.28. The van der Waals surface area contributed by atoms with Crippen molar-refractivity contribution in [2.45, 2.75) is 210 Å². The van der Waals surface area contributed by atoms with Crippen LogP contribution < -0.4 is 9.80 Å². The van der Waals surface area contributed by atoms with Gasteiger partial charge < -0.3 is 9.80 Å². The lowest BCUT2D eigenvalue weighted by Gasteiger charge is -2.37. The zero-order chi connectivity index (χ0) is 54.1. The fraction of sp³-hybridized carbons (Fsp3) is 0.432. The molecule has 7 aromatic carbocycles. The molecule has 76 heavy (non-hydrogen) atoms. The van der Waals surface area contributed by atoms with Crippen LogP contribution in [0.2, 0.25) is 0 Å². The highest BCUT2D eigenvalue weighted by Gasteiger charge is 2.46. The van der Waals surface area contributed by atoms with Gasteiger partial charge in [-0.3, -0.25) is 0 Å². The third-order valence-electron chi connectivity index (χ3n) is 16.8. The van der Waals surface area contributed by atoms with Gasteiger partial charge in [-0.2, -0.15) is 0 Å². The molecular weight excluding hydrogens is 917 g/mol. The van der Waals surface area contributed by atoms with Gasteiger partial charge in [-0.05, 0) is 201 Å². The fourth-order valence-electron chi connectivity index (χ4n) is 12.8. The van der Waals surface area contributed by atoms with Gasteiger partial charge in [-0.1, -0.05) is 214 Å². The predicted octanol–water partition coefficient (Wildman–Crippen LogP) is 22.4. The van der Waals surface area contributed by atoms with Crippen molar-refractivity contribution in [1.82, 2.24) is 0 Å². The molecule has 1 atom stereocenters. The fourth-order valence-corrected chi connectivity index (χ4v) is 12.8. The van der Waals surface area contributed by atoms with Crippen LogP contribution in [0.3, 0.4) is 0 Å². The van der Waals surface area contributed by atoms with Crippen LogP contribution in [0, 0.1) is 48.5 Å². The largest absolute Gasteiger partial charge is 0.310 e. The molecule has 0 fully saturated rings. The molecule has 0 N–H and O–H groups in total. The van der Waals surface area contributed by atoms with Crippen LogP contribution in [0.25, 0.3) is 11.1 Å². The second-order valence-electron chi connectivity index (χ2n) is 24.3. The van der Waals surface area contributed by atoms with E-state index in [1.165, 1.54) is 201 Å². The summed E-state index contributed by atoms with van der Waals surface area (Å²) in [5.41, 5.74) is 27.6.